The van der Waals surface area contributed by atoms with Gasteiger partial charge >= 0.3 is 0 Å². The molecule has 0 radical (unpaired) electrons. The Labute approximate surface area is 168 Å². The Morgan fingerprint density at radius 3 is 2.32 bits per heavy atom. The second kappa shape index (κ2) is 10.1. The maximum Gasteiger partial charge on any atom is 0.269 e. The van der Waals surface area contributed by atoms with Gasteiger partial charge in [0.1, 0.15) is 5.75 Å². The number of ether oxygens (including phenoxy) is 3. The van der Waals surface area contributed by atoms with Crippen molar-refractivity contribution in [3.8, 4) is 17.2 Å². The molecule has 3 N–H and O–H groups in total. The number of benzene rings is 2. The first-order valence-electron chi connectivity index (χ1n) is 8.35. The van der Waals surface area contributed by atoms with Crippen LogP contribution in [0.25, 0.3) is 0 Å². The number of nitrogens with one attached hydrogen (secondary N) is 3. The number of thiocarbonyl (C=S) groups is 1. The van der Waals surface area contributed by atoms with Crippen LogP contribution < -0.4 is 30.4 Å². The largest absolute Gasteiger partial charge is 0.493 e. The molecule has 2 aromatic carbocycles. The van der Waals surface area contributed by atoms with Gasteiger partial charge in [-0.3, -0.25) is 25.8 Å². The molecular weight excluding hydrogens is 382 g/mol. The van der Waals surface area contributed by atoms with Crippen LogP contribution in [0.1, 0.15) is 27.6 Å². The summed E-state index contributed by atoms with van der Waals surface area (Å²) in [5.74, 6) is 0.440. The molecule has 0 aliphatic rings. The summed E-state index contributed by atoms with van der Waals surface area (Å²) in [5, 5.41) is 2.42. The van der Waals surface area contributed by atoms with E-state index in [0.29, 0.717) is 35.0 Å². The highest BCUT2D eigenvalue weighted by atomic mass is 32.1. The summed E-state index contributed by atoms with van der Waals surface area (Å²) in [6.07, 6.45) is 0. The highest BCUT2D eigenvalue weighted by molar-refractivity contribution is 7.80. The minimum Gasteiger partial charge on any atom is -0.493 e. The quantitative estimate of drug-likeness (QED) is 0.502. The van der Waals surface area contributed by atoms with Crippen molar-refractivity contribution in [1.82, 2.24) is 16.2 Å². The first kappa shape index (κ1) is 21.0. The molecule has 0 saturated heterocycles. The SMILES string of the molecule is CCOc1ccccc1C(=O)NC(=S)NNC(=O)c1ccc(OC)c(OC)c1. The lowest BCUT2D eigenvalue weighted by molar-refractivity contribution is 0.0933. The van der Waals surface area contributed by atoms with E-state index in [1.165, 1.54) is 20.3 Å². The van der Waals surface area contributed by atoms with Gasteiger partial charge in [-0.25, -0.2) is 0 Å². The number of hydrogen-bond donors (Lipinski definition) is 3. The molecule has 0 spiro atoms. The molecule has 2 amide bonds. The Balaban J connectivity index is 1.95. The summed E-state index contributed by atoms with van der Waals surface area (Å²) in [4.78, 5) is 24.6. The third-order valence-corrected chi connectivity index (χ3v) is 3.80. The standard InChI is InChI=1S/C19H21N3O5S/c1-4-27-14-8-6-5-7-13(14)18(24)20-19(28)22-21-17(23)12-9-10-15(25-2)16(11-12)26-3/h5-11H,4H2,1-3H3,(H,21,23)(H2,20,22,24,28). The number of para-hydroxylation sites is 1. The average molecular weight is 403 g/mol. The molecule has 0 aliphatic heterocycles. The van der Waals surface area contributed by atoms with E-state index in [1.807, 2.05) is 6.92 Å². The smallest absolute Gasteiger partial charge is 0.269 e. The number of carbonyl (C=O) groups is 2. The molecule has 0 bridgehead atoms. The van der Waals surface area contributed by atoms with Gasteiger partial charge < -0.3 is 14.2 Å². The van der Waals surface area contributed by atoms with Gasteiger partial charge in [0.15, 0.2) is 16.6 Å². The molecular formula is C19H21N3O5S. The van der Waals surface area contributed by atoms with E-state index in [1.54, 1.807) is 36.4 Å². The lowest BCUT2D eigenvalue weighted by Crippen LogP contribution is -2.48. The number of methoxy groups -OCH3 is 2. The van der Waals surface area contributed by atoms with E-state index < -0.39 is 11.8 Å². The first-order chi connectivity index (χ1) is 13.5. The van der Waals surface area contributed by atoms with Crippen LogP contribution in [-0.4, -0.2) is 37.8 Å². The summed E-state index contributed by atoms with van der Waals surface area (Å²) in [7, 11) is 2.98. The first-order valence-corrected chi connectivity index (χ1v) is 8.76. The molecule has 8 nitrogen and oxygen atoms in total. The van der Waals surface area contributed by atoms with Gasteiger partial charge in [0, 0.05) is 5.56 Å². The fourth-order valence-corrected chi connectivity index (χ4v) is 2.44. The Hall–Kier alpha value is -3.33. The third kappa shape index (κ3) is 5.34. The topological polar surface area (TPSA) is 97.9 Å². The van der Waals surface area contributed by atoms with Crippen LogP contribution >= 0.6 is 12.2 Å². The molecule has 0 heterocycles. The fraction of sp³-hybridized carbons (Fsp3) is 0.211. The van der Waals surface area contributed by atoms with Crippen molar-refractivity contribution in [1.29, 1.82) is 0 Å². The predicted octanol–water partition coefficient (Wildman–Crippen LogP) is 2.05. The van der Waals surface area contributed by atoms with Crippen molar-refractivity contribution in [3.05, 3.63) is 53.6 Å². The molecule has 0 atom stereocenters. The lowest BCUT2D eigenvalue weighted by Gasteiger charge is -2.13. The van der Waals surface area contributed by atoms with Gasteiger partial charge in [0.05, 0.1) is 26.4 Å². The van der Waals surface area contributed by atoms with E-state index in [2.05, 4.69) is 16.2 Å². The maximum absolute atomic E-state index is 12.4. The number of amides is 2. The van der Waals surface area contributed by atoms with E-state index >= 15 is 0 Å². The van der Waals surface area contributed by atoms with Crippen LogP contribution in [0, 0.1) is 0 Å². The molecule has 0 aliphatic carbocycles. The van der Waals surface area contributed by atoms with Gasteiger partial charge in [0.25, 0.3) is 11.8 Å². The van der Waals surface area contributed by atoms with Crippen LogP contribution in [0.5, 0.6) is 17.2 Å². The summed E-state index contributed by atoms with van der Waals surface area (Å²) >= 11 is 5.05. The van der Waals surface area contributed by atoms with Crippen LogP contribution in [-0.2, 0) is 0 Å². The Kier molecular flexibility index (Phi) is 7.58. The van der Waals surface area contributed by atoms with E-state index in [0.717, 1.165) is 0 Å². The fourth-order valence-electron chi connectivity index (χ4n) is 2.30. The Bertz CT molecular complexity index is 872. The van der Waals surface area contributed by atoms with Crippen molar-refractivity contribution < 1.29 is 23.8 Å². The van der Waals surface area contributed by atoms with Gasteiger partial charge in [0.2, 0.25) is 0 Å². The van der Waals surface area contributed by atoms with Crippen molar-refractivity contribution >= 4 is 29.1 Å². The Morgan fingerprint density at radius 2 is 1.64 bits per heavy atom. The summed E-state index contributed by atoms with van der Waals surface area (Å²) in [6, 6.07) is 11.5. The molecule has 0 fully saturated rings. The van der Waals surface area contributed by atoms with Crippen molar-refractivity contribution in [2.24, 2.45) is 0 Å². The zero-order valence-corrected chi connectivity index (χ0v) is 16.5. The number of hydrogen-bond acceptors (Lipinski definition) is 6. The van der Waals surface area contributed by atoms with E-state index in [9.17, 15) is 9.59 Å². The van der Waals surface area contributed by atoms with Crippen LogP contribution in [0.15, 0.2) is 42.5 Å². The van der Waals surface area contributed by atoms with E-state index in [-0.39, 0.29) is 5.11 Å². The molecule has 2 aromatic rings. The molecule has 0 saturated carbocycles. The molecule has 9 heteroatoms. The van der Waals surface area contributed by atoms with Crippen LogP contribution in [0.2, 0.25) is 0 Å². The summed E-state index contributed by atoms with van der Waals surface area (Å²) in [6.45, 7) is 2.25. The van der Waals surface area contributed by atoms with Crippen molar-refractivity contribution in [2.75, 3.05) is 20.8 Å². The van der Waals surface area contributed by atoms with Gasteiger partial charge in [-0.2, -0.15) is 0 Å². The highest BCUT2D eigenvalue weighted by Gasteiger charge is 2.14. The molecule has 0 aromatic heterocycles. The summed E-state index contributed by atoms with van der Waals surface area (Å²) in [5.41, 5.74) is 5.55. The van der Waals surface area contributed by atoms with Crippen LogP contribution in [0.3, 0.4) is 0 Å². The Morgan fingerprint density at radius 1 is 0.929 bits per heavy atom. The highest BCUT2D eigenvalue weighted by Crippen LogP contribution is 2.27. The molecule has 148 valence electrons. The maximum atomic E-state index is 12.4. The molecule has 2 rings (SSSR count). The van der Waals surface area contributed by atoms with Gasteiger partial charge in [-0.15, -0.1) is 0 Å². The lowest BCUT2D eigenvalue weighted by atomic mass is 10.2. The van der Waals surface area contributed by atoms with Gasteiger partial charge in [-0.1, -0.05) is 12.1 Å². The summed E-state index contributed by atoms with van der Waals surface area (Å²) < 4.78 is 15.7. The predicted molar refractivity (Wildman–Crippen MR) is 108 cm³/mol. The monoisotopic (exact) mass is 403 g/mol. The zero-order chi connectivity index (χ0) is 20.5. The van der Waals surface area contributed by atoms with Crippen molar-refractivity contribution in [3.63, 3.8) is 0 Å². The third-order valence-electron chi connectivity index (χ3n) is 3.59. The normalized spacial score (nSPS) is 9.82. The zero-order valence-electron chi connectivity index (χ0n) is 15.7. The average Bonchev–Trinajstić information content (AvgIpc) is 2.72. The van der Waals surface area contributed by atoms with Crippen LogP contribution in [0.4, 0.5) is 0 Å². The van der Waals surface area contributed by atoms with Gasteiger partial charge in [-0.05, 0) is 49.5 Å². The molecule has 0 unspecified atom stereocenters. The number of carbonyl (C=O) groups excluding carboxylic acids is 2. The number of hydrazine groups is 1. The number of rotatable bonds is 6. The minimum atomic E-state index is -0.465. The minimum absolute atomic E-state index is 0.0647. The van der Waals surface area contributed by atoms with E-state index in [4.69, 9.17) is 26.4 Å². The second-order valence-corrected chi connectivity index (χ2v) is 5.77. The van der Waals surface area contributed by atoms with Crippen molar-refractivity contribution in [2.45, 2.75) is 6.92 Å². The second-order valence-electron chi connectivity index (χ2n) is 5.36. The molecule has 28 heavy (non-hydrogen) atoms.